The number of halogens is 1. The predicted molar refractivity (Wildman–Crippen MR) is 102 cm³/mol. The number of sulfonamides is 1. The first-order chi connectivity index (χ1) is 11.8. The molecule has 0 aromatic heterocycles. The van der Waals surface area contributed by atoms with E-state index in [0.717, 1.165) is 31.1 Å². The Hall–Kier alpha value is -1.37. The van der Waals surface area contributed by atoms with Crippen LogP contribution < -0.4 is 5.32 Å². The Kier molecular flexibility index (Phi) is 7.04. The van der Waals surface area contributed by atoms with E-state index in [2.05, 4.69) is 11.4 Å². The van der Waals surface area contributed by atoms with Crippen molar-refractivity contribution in [1.82, 2.24) is 4.31 Å². The summed E-state index contributed by atoms with van der Waals surface area (Å²) in [6.07, 6.45) is 8.43. The smallest absolute Gasteiger partial charge is 0.239 e. The summed E-state index contributed by atoms with van der Waals surface area (Å²) in [4.78, 5) is 12.3. The van der Waals surface area contributed by atoms with Crippen LogP contribution in [0.25, 0.3) is 0 Å². The molecule has 7 heteroatoms. The van der Waals surface area contributed by atoms with Gasteiger partial charge in [0.2, 0.25) is 15.9 Å². The second-order valence-electron chi connectivity index (χ2n) is 6.46. The summed E-state index contributed by atoms with van der Waals surface area (Å²) in [5.74, 6) is -0.367. The molecule has 0 spiro atoms. The fourth-order valence-corrected chi connectivity index (χ4v) is 3.79. The minimum Gasteiger partial charge on any atom is -0.325 e. The van der Waals surface area contributed by atoms with Crippen LogP contribution in [-0.4, -0.2) is 38.0 Å². The summed E-state index contributed by atoms with van der Waals surface area (Å²) in [5, 5.41) is 3.27. The molecule has 0 atom stereocenters. The van der Waals surface area contributed by atoms with E-state index in [1.165, 1.54) is 16.3 Å². The van der Waals surface area contributed by atoms with E-state index in [1.54, 1.807) is 12.1 Å². The molecule has 0 unspecified atom stereocenters. The van der Waals surface area contributed by atoms with Crippen molar-refractivity contribution in [2.24, 2.45) is 0 Å². The van der Waals surface area contributed by atoms with Gasteiger partial charge in [-0.3, -0.25) is 4.79 Å². The van der Waals surface area contributed by atoms with Crippen molar-refractivity contribution in [2.45, 2.75) is 39.0 Å². The molecule has 0 fully saturated rings. The average Bonchev–Trinajstić information content (AvgIpc) is 2.55. The zero-order valence-electron chi connectivity index (χ0n) is 14.7. The molecule has 138 valence electrons. The zero-order chi connectivity index (χ0) is 18.4. The van der Waals surface area contributed by atoms with Crippen molar-refractivity contribution in [2.75, 3.05) is 24.7 Å². The van der Waals surface area contributed by atoms with E-state index < -0.39 is 10.0 Å². The predicted octanol–water partition coefficient (Wildman–Crippen LogP) is 3.74. The molecule has 1 aliphatic carbocycles. The lowest BCUT2D eigenvalue weighted by Gasteiger charge is -2.21. The van der Waals surface area contributed by atoms with Gasteiger partial charge in [-0.2, -0.15) is 4.31 Å². The van der Waals surface area contributed by atoms with Gasteiger partial charge in [-0.25, -0.2) is 8.42 Å². The van der Waals surface area contributed by atoms with Crippen molar-refractivity contribution in [3.05, 3.63) is 40.4 Å². The van der Waals surface area contributed by atoms with Gasteiger partial charge in [0.25, 0.3) is 0 Å². The maximum atomic E-state index is 12.3. The van der Waals surface area contributed by atoms with E-state index >= 15 is 0 Å². The highest BCUT2D eigenvalue weighted by Crippen LogP contribution is 2.22. The summed E-state index contributed by atoms with van der Waals surface area (Å²) in [6, 6.07) is 5.21. The molecule has 1 aromatic carbocycles. The highest BCUT2D eigenvalue weighted by atomic mass is 35.5. The van der Waals surface area contributed by atoms with Crippen LogP contribution in [0.1, 0.15) is 37.7 Å². The van der Waals surface area contributed by atoms with Crippen LogP contribution in [0.2, 0.25) is 5.02 Å². The number of allylic oxidation sites excluding steroid dienone is 1. The molecular formula is C18H25ClN2O3S. The monoisotopic (exact) mass is 384 g/mol. The normalized spacial score (nSPS) is 15.1. The lowest BCUT2D eigenvalue weighted by Crippen LogP contribution is -2.38. The van der Waals surface area contributed by atoms with Gasteiger partial charge in [-0.15, -0.1) is 0 Å². The Morgan fingerprint density at radius 3 is 2.72 bits per heavy atom. The SMILES string of the molecule is Cc1ccc(Cl)cc1NC(=O)CN(CCC1=CCCCC1)S(C)(=O)=O. The Labute approximate surface area is 155 Å². The fourth-order valence-electron chi connectivity index (χ4n) is 2.84. The first-order valence-electron chi connectivity index (χ1n) is 8.45. The molecule has 0 aliphatic heterocycles. The maximum absolute atomic E-state index is 12.3. The molecule has 5 nitrogen and oxygen atoms in total. The molecule has 0 saturated heterocycles. The number of aryl methyl sites for hydroxylation is 1. The third-order valence-corrected chi connectivity index (χ3v) is 5.81. The summed E-state index contributed by atoms with van der Waals surface area (Å²) >= 11 is 5.95. The van der Waals surface area contributed by atoms with Crippen LogP contribution in [0.3, 0.4) is 0 Å². The first-order valence-corrected chi connectivity index (χ1v) is 10.7. The van der Waals surface area contributed by atoms with Gasteiger partial charge in [0.1, 0.15) is 0 Å². The molecule has 1 N–H and O–H groups in total. The van der Waals surface area contributed by atoms with E-state index in [4.69, 9.17) is 11.6 Å². The third kappa shape index (κ3) is 6.45. The number of nitrogens with zero attached hydrogens (tertiary/aromatic N) is 1. The van der Waals surface area contributed by atoms with E-state index in [-0.39, 0.29) is 12.5 Å². The molecule has 0 saturated carbocycles. The summed E-state index contributed by atoms with van der Waals surface area (Å²) < 4.78 is 25.3. The number of carbonyl (C=O) groups is 1. The van der Waals surface area contributed by atoms with Crippen molar-refractivity contribution < 1.29 is 13.2 Å². The number of hydrogen-bond donors (Lipinski definition) is 1. The Bertz CT molecular complexity index is 760. The maximum Gasteiger partial charge on any atom is 0.239 e. The number of anilines is 1. The van der Waals surface area contributed by atoms with Crippen LogP contribution in [-0.2, 0) is 14.8 Å². The van der Waals surface area contributed by atoms with Crippen LogP contribution in [0.15, 0.2) is 29.8 Å². The van der Waals surface area contributed by atoms with E-state index in [1.807, 2.05) is 13.0 Å². The standard InChI is InChI=1S/C18H25ClN2O3S/c1-14-8-9-16(19)12-17(14)20-18(22)13-21(25(2,23)24)11-10-15-6-4-3-5-7-15/h6,8-9,12H,3-5,7,10-11,13H2,1-2H3,(H,20,22). The molecule has 1 aromatic rings. The van der Waals surface area contributed by atoms with E-state index in [0.29, 0.717) is 23.7 Å². The van der Waals surface area contributed by atoms with Gasteiger partial charge in [0.05, 0.1) is 12.8 Å². The van der Waals surface area contributed by atoms with Crippen molar-refractivity contribution in [1.29, 1.82) is 0 Å². The number of rotatable bonds is 7. The quantitative estimate of drug-likeness (QED) is 0.728. The van der Waals surface area contributed by atoms with Crippen molar-refractivity contribution >= 4 is 33.2 Å². The highest BCUT2D eigenvalue weighted by molar-refractivity contribution is 7.88. The van der Waals surface area contributed by atoms with Gasteiger partial charge >= 0.3 is 0 Å². The zero-order valence-corrected chi connectivity index (χ0v) is 16.3. The summed E-state index contributed by atoms with van der Waals surface area (Å²) in [7, 11) is -3.45. The van der Waals surface area contributed by atoms with Gasteiger partial charge in [0.15, 0.2) is 0 Å². The third-order valence-electron chi connectivity index (χ3n) is 4.33. The van der Waals surface area contributed by atoms with Crippen LogP contribution >= 0.6 is 11.6 Å². The highest BCUT2D eigenvalue weighted by Gasteiger charge is 2.21. The largest absolute Gasteiger partial charge is 0.325 e. The summed E-state index contributed by atoms with van der Waals surface area (Å²) in [6.45, 7) is 1.99. The number of benzene rings is 1. The number of nitrogens with one attached hydrogen (secondary N) is 1. The minimum absolute atomic E-state index is 0.196. The molecule has 25 heavy (non-hydrogen) atoms. The molecular weight excluding hydrogens is 360 g/mol. The minimum atomic E-state index is -3.45. The summed E-state index contributed by atoms with van der Waals surface area (Å²) in [5.41, 5.74) is 2.75. The lowest BCUT2D eigenvalue weighted by atomic mass is 9.97. The Morgan fingerprint density at radius 2 is 2.08 bits per heavy atom. The topological polar surface area (TPSA) is 66.5 Å². The van der Waals surface area contributed by atoms with E-state index in [9.17, 15) is 13.2 Å². The van der Waals surface area contributed by atoms with Gasteiger partial charge in [0, 0.05) is 17.3 Å². The van der Waals surface area contributed by atoms with Crippen LogP contribution in [0, 0.1) is 6.92 Å². The molecule has 0 bridgehead atoms. The number of carbonyl (C=O) groups excluding carboxylic acids is 1. The van der Waals surface area contributed by atoms with Gasteiger partial charge in [-0.05, 0) is 56.7 Å². The molecule has 0 radical (unpaired) electrons. The first kappa shape index (κ1) is 19.9. The fraction of sp³-hybridized carbons (Fsp3) is 0.500. The Morgan fingerprint density at radius 1 is 1.32 bits per heavy atom. The molecule has 0 heterocycles. The lowest BCUT2D eigenvalue weighted by molar-refractivity contribution is -0.116. The molecule has 2 rings (SSSR count). The van der Waals surface area contributed by atoms with Crippen molar-refractivity contribution in [3.8, 4) is 0 Å². The van der Waals surface area contributed by atoms with Crippen molar-refractivity contribution in [3.63, 3.8) is 0 Å². The number of amides is 1. The average molecular weight is 385 g/mol. The van der Waals surface area contributed by atoms with Gasteiger partial charge < -0.3 is 5.32 Å². The van der Waals surface area contributed by atoms with Gasteiger partial charge in [-0.1, -0.05) is 29.3 Å². The second kappa shape index (κ2) is 8.83. The van der Waals surface area contributed by atoms with Crippen LogP contribution in [0.5, 0.6) is 0 Å². The van der Waals surface area contributed by atoms with Crippen LogP contribution in [0.4, 0.5) is 5.69 Å². The molecule has 1 amide bonds. The Balaban J connectivity index is 1.99. The second-order valence-corrected chi connectivity index (χ2v) is 8.88. The number of hydrogen-bond acceptors (Lipinski definition) is 3. The molecule has 1 aliphatic rings.